The molecule has 0 N–H and O–H groups in total. The second-order valence-electron chi connectivity index (χ2n) is 6.14. The summed E-state index contributed by atoms with van der Waals surface area (Å²) in [5, 5.41) is 3.87. The zero-order valence-electron chi connectivity index (χ0n) is 14.2. The molecule has 0 spiro atoms. The van der Waals surface area contributed by atoms with Gasteiger partial charge in [-0.15, -0.1) is 0 Å². The Hall–Kier alpha value is -2.25. The molecule has 0 saturated carbocycles. The van der Waals surface area contributed by atoms with Gasteiger partial charge >= 0.3 is 0 Å². The Bertz CT molecular complexity index is 713. The molecule has 24 heavy (non-hydrogen) atoms. The summed E-state index contributed by atoms with van der Waals surface area (Å²) in [6.45, 7) is 4.47. The van der Waals surface area contributed by atoms with Gasteiger partial charge in [0.25, 0.3) is 5.91 Å². The van der Waals surface area contributed by atoms with Crippen molar-refractivity contribution in [3.05, 3.63) is 47.1 Å². The van der Waals surface area contributed by atoms with Crippen LogP contribution in [0.25, 0.3) is 0 Å². The zero-order valence-corrected chi connectivity index (χ0v) is 14.2. The van der Waals surface area contributed by atoms with Crippen LogP contribution in [0.4, 0.5) is 0 Å². The highest BCUT2D eigenvalue weighted by Gasteiger charge is 2.29. The normalized spacial score (nSPS) is 18.5. The van der Waals surface area contributed by atoms with Gasteiger partial charge in [-0.3, -0.25) is 9.69 Å². The lowest BCUT2D eigenvalue weighted by atomic mass is 10.1. The third kappa shape index (κ3) is 3.63. The van der Waals surface area contributed by atoms with Gasteiger partial charge in [0, 0.05) is 32.7 Å². The first-order valence-corrected chi connectivity index (χ1v) is 7.97. The van der Waals surface area contributed by atoms with Crippen LogP contribution in [-0.4, -0.2) is 59.7 Å². The molecule has 0 unspecified atom stereocenters. The molecule has 128 valence electrons. The number of nitrogens with zero attached hydrogens (tertiary/aromatic N) is 4. The monoisotopic (exact) mass is 330 g/mol. The molecule has 3 rings (SSSR count). The second kappa shape index (κ2) is 7.11. The first-order valence-electron chi connectivity index (χ1n) is 7.97. The van der Waals surface area contributed by atoms with Crippen LogP contribution in [0.3, 0.4) is 0 Å². The minimum absolute atomic E-state index is 0.00269. The Kier molecular flexibility index (Phi) is 4.92. The van der Waals surface area contributed by atoms with Crippen LogP contribution in [0.2, 0.25) is 0 Å². The van der Waals surface area contributed by atoms with E-state index in [0.717, 1.165) is 12.1 Å². The van der Waals surface area contributed by atoms with Gasteiger partial charge in [0.15, 0.2) is 5.82 Å². The summed E-state index contributed by atoms with van der Waals surface area (Å²) in [4.78, 5) is 20.3. The van der Waals surface area contributed by atoms with Gasteiger partial charge in [0.1, 0.15) is 6.04 Å². The van der Waals surface area contributed by atoms with Crippen LogP contribution in [0.15, 0.2) is 28.8 Å². The number of aromatic nitrogens is 2. The van der Waals surface area contributed by atoms with E-state index in [4.69, 9.17) is 9.26 Å². The molecule has 1 amide bonds. The molecule has 1 fully saturated rings. The molecular formula is C17H22N4O3. The largest absolute Gasteiger partial charge is 0.378 e. The van der Waals surface area contributed by atoms with Gasteiger partial charge in [-0.1, -0.05) is 17.3 Å². The fourth-order valence-corrected chi connectivity index (χ4v) is 2.80. The molecule has 0 radical (unpaired) electrons. The van der Waals surface area contributed by atoms with E-state index >= 15 is 0 Å². The van der Waals surface area contributed by atoms with Gasteiger partial charge in [-0.25, -0.2) is 0 Å². The molecule has 2 aromatic rings. The molecule has 0 aliphatic carbocycles. The summed E-state index contributed by atoms with van der Waals surface area (Å²) >= 11 is 0. The minimum atomic E-state index is -0.0619. The highest BCUT2D eigenvalue weighted by Crippen LogP contribution is 2.25. The fraction of sp³-hybridized carbons (Fsp3) is 0.471. The van der Waals surface area contributed by atoms with Crippen molar-refractivity contribution in [2.75, 3.05) is 33.9 Å². The highest BCUT2D eigenvalue weighted by molar-refractivity contribution is 5.94. The maximum Gasteiger partial charge on any atom is 0.253 e. The highest BCUT2D eigenvalue weighted by atomic mass is 16.5. The summed E-state index contributed by atoms with van der Waals surface area (Å²) in [6, 6.07) is 7.65. The van der Waals surface area contributed by atoms with Gasteiger partial charge in [-0.05, 0) is 24.6 Å². The van der Waals surface area contributed by atoms with Gasteiger partial charge in [-0.2, -0.15) is 4.98 Å². The molecular weight excluding hydrogens is 308 g/mol. The molecule has 0 bridgehead atoms. The Morgan fingerprint density at radius 1 is 1.42 bits per heavy atom. The lowest BCUT2D eigenvalue weighted by Gasteiger charge is -2.33. The zero-order chi connectivity index (χ0) is 17.1. The number of morpholine rings is 1. The molecule has 7 nitrogen and oxygen atoms in total. The van der Waals surface area contributed by atoms with Crippen molar-refractivity contribution < 1.29 is 14.1 Å². The minimum Gasteiger partial charge on any atom is -0.378 e. The van der Waals surface area contributed by atoms with E-state index in [0.29, 0.717) is 37.0 Å². The van der Waals surface area contributed by atoms with Crippen LogP contribution in [0, 0.1) is 6.92 Å². The van der Waals surface area contributed by atoms with E-state index < -0.39 is 0 Å². The molecule has 1 saturated heterocycles. The van der Waals surface area contributed by atoms with Gasteiger partial charge in [0.05, 0.1) is 13.2 Å². The Morgan fingerprint density at radius 3 is 2.96 bits per heavy atom. The number of aryl methyl sites for hydroxylation is 1. The maximum atomic E-state index is 12.1. The van der Waals surface area contributed by atoms with E-state index in [2.05, 4.69) is 15.0 Å². The third-order valence-electron chi connectivity index (χ3n) is 4.03. The molecule has 1 aliphatic rings. The summed E-state index contributed by atoms with van der Waals surface area (Å²) in [5.41, 5.74) is 1.77. The number of amides is 1. The van der Waals surface area contributed by atoms with Crippen LogP contribution in [-0.2, 0) is 11.3 Å². The average molecular weight is 330 g/mol. The van der Waals surface area contributed by atoms with Crippen molar-refractivity contribution in [3.8, 4) is 0 Å². The van der Waals surface area contributed by atoms with Crippen molar-refractivity contribution in [3.63, 3.8) is 0 Å². The standard InChI is InChI=1S/C17H22N4O3/c1-12-18-16(24-19-12)15-11-23-8-7-21(15)10-13-5-4-6-14(9-13)17(22)20(2)3/h4-6,9,15H,7-8,10-11H2,1-3H3/t15-/m0/s1. The van der Waals surface area contributed by atoms with Crippen molar-refractivity contribution in [2.45, 2.75) is 19.5 Å². The van der Waals surface area contributed by atoms with E-state index in [9.17, 15) is 4.79 Å². The lowest BCUT2D eigenvalue weighted by molar-refractivity contribution is -0.0241. The fourth-order valence-electron chi connectivity index (χ4n) is 2.80. The average Bonchev–Trinajstić information content (AvgIpc) is 3.01. The number of benzene rings is 1. The van der Waals surface area contributed by atoms with Crippen molar-refractivity contribution in [1.29, 1.82) is 0 Å². The molecule has 2 heterocycles. The first-order chi connectivity index (χ1) is 11.5. The first kappa shape index (κ1) is 16.6. The second-order valence-corrected chi connectivity index (χ2v) is 6.14. The van der Waals surface area contributed by atoms with Crippen molar-refractivity contribution in [2.24, 2.45) is 0 Å². The van der Waals surface area contributed by atoms with Crippen molar-refractivity contribution >= 4 is 5.91 Å². The molecule has 7 heteroatoms. The molecule has 1 atom stereocenters. The van der Waals surface area contributed by atoms with Crippen LogP contribution in [0.1, 0.15) is 33.7 Å². The molecule has 1 aromatic carbocycles. The Morgan fingerprint density at radius 2 is 2.25 bits per heavy atom. The summed E-state index contributed by atoms with van der Waals surface area (Å²) in [5.74, 6) is 1.20. The van der Waals surface area contributed by atoms with Crippen LogP contribution >= 0.6 is 0 Å². The number of hydrogen-bond acceptors (Lipinski definition) is 6. The van der Waals surface area contributed by atoms with E-state index in [-0.39, 0.29) is 11.9 Å². The topological polar surface area (TPSA) is 71.7 Å². The van der Waals surface area contributed by atoms with Gasteiger partial charge in [0.2, 0.25) is 5.89 Å². The van der Waals surface area contributed by atoms with Crippen LogP contribution < -0.4 is 0 Å². The predicted octanol–water partition coefficient (Wildman–Crippen LogP) is 1.65. The van der Waals surface area contributed by atoms with E-state index in [1.165, 1.54) is 0 Å². The quantitative estimate of drug-likeness (QED) is 0.849. The SMILES string of the molecule is Cc1noc([C@@H]2COCCN2Cc2cccc(C(=O)N(C)C)c2)n1. The molecule has 1 aliphatic heterocycles. The smallest absolute Gasteiger partial charge is 0.253 e. The Labute approximate surface area is 141 Å². The summed E-state index contributed by atoms with van der Waals surface area (Å²) < 4.78 is 10.9. The number of carbonyl (C=O) groups excluding carboxylic acids is 1. The third-order valence-corrected chi connectivity index (χ3v) is 4.03. The van der Waals surface area contributed by atoms with Crippen molar-refractivity contribution in [1.82, 2.24) is 19.9 Å². The Balaban J connectivity index is 1.78. The maximum absolute atomic E-state index is 12.1. The van der Waals surface area contributed by atoms with E-state index in [1.54, 1.807) is 25.9 Å². The predicted molar refractivity (Wildman–Crippen MR) is 87.5 cm³/mol. The summed E-state index contributed by atoms with van der Waals surface area (Å²) in [7, 11) is 3.51. The summed E-state index contributed by atoms with van der Waals surface area (Å²) in [6.07, 6.45) is 0. The lowest BCUT2D eigenvalue weighted by Crippen LogP contribution is -2.39. The van der Waals surface area contributed by atoms with Gasteiger partial charge < -0.3 is 14.2 Å². The number of rotatable bonds is 4. The molecule has 1 aromatic heterocycles. The van der Waals surface area contributed by atoms with E-state index in [1.807, 2.05) is 24.3 Å². The number of carbonyl (C=O) groups is 1. The number of ether oxygens (including phenoxy) is 1. The number of hydrogen-bond donors (Lipinski definition) is 0. The van der Waals surface area contributed by atoms with Crippen LogP contribution in [0.5, 0.6) is 0 Å².